The Labute approximate surface area is 117 Å². The summed E-state index contributed by atoms with van der Waals surface area (Å²) < 4.78 is 10.6. The summed E-state index contributed by atoms with van der Waals surface area (Å²) in [4.78, 5) is 13.7. The molecule has 1 heterocycles. The van der Waals surface area contributed by atoms with E-state index in [4.69, 9.17) is 21.1 Å². The zero-order valence-corrected chi connectivity index (χ0v) is 11.5. The van der Waals surface area contributed by atoms with E-state index in [0.29, 0.717) is 0 Å². The van der Waals surface area contributed by atoms with Crippen molar-refractivity contribution in [2.24, 2.45) is 0 Å². The van der Waals surface area contributed by atoms with Gasteiger partial charge in [-0.1, -0.05) is 0 Å². The molecule has 3 atom stereocenters. The number of alkyl halides is 1. The SMILES string of the molecule is COc1ccc(N2C(=O)O[C@@H]3CCC[C@@H](Cl)[C@@H]32)cc1. The highest BCUT2D eigenvalue weighted by Gasteiger charge is 2.47. The quantitative estimate of drug-likeness (QED) is 0.782. The number of fused-ring (bicyclic) bond motifs is 1. The lowest BCUT2D eigenvalue weighted by atomic mass is 9.91. The largest absolute Gasteiger partial charge is 0.497 e. The Morgan fingerprint density at radius 1 is 1.32 bits per heavy atom. The van der Waals surface area contributed by atoms with E-state index < -0.39 is 0 Å². The molecule has 0 spiro atoms. The minimum atomic E-state index is -0.298. The Hall–Kier alpha value is -1.42. The molecule has 0 aromatic heterocycles. The molecule has 102 valence electrons. The van der Waals surface area contributed by atoms with Crippen LogP contribution >= 0.6 is 11.6 Å². The van der Waals surface area contributed by atoms with Crippen molar-refractivity contribution in [1.82, 2.24) is 0 Å². The number of halogens is 1. The fraction of sp³-hybridized carbons (Fsp3) is 0.500. The molecule has 1 aliphatic heterocycles. The summed E-state index contributed by atoms with van der Waals surface area (Å²) in [5, 5.41) is -0.0488. The van der Waals surface area contributed by atoms with E-state index in [1.807, 2.05) is 24.3 Å². The zero-order valence-electron chi connectivity index (χ0n) is 10.7. The van der Waals surface area contributed by atoms with Gasteiger partial charge in [-0.2, -0.15) is 0 Å². The van der Waals surface area contributed by atoms with Crippen molar-refractivity contribution in [3.63, 3.8) is 0 Å². The van der Waals surface area contributed by atoms with Crippen molar-refractivity contribution in [3.05, 3.63) is 24.3 Å². The van der Waals surface area contributed by atoms with Crippen LogP contribution in [0.4, 0.5) is 10.5 Å². The molecule has 4 nitrogen and oxygen atoms in total. The van der Waals surface area contributed by atoms with Gasteiger partial charge in [0.05, 0.1) is 18.5 Å². The normalized spacial score (nSPS) is 29.9. The van der Waals surface area contributed by atoms with Crippen molar-refractivity contribution >= 4 is 23.4 Å². The van der Waals surface area contributed by atoms with Gasteiger partial charge < -0.3 is 9.47 Å². The molecule has 1 aliphatic carbocycles. The van der Waals surface area contributed by atoms with Gasteiger partial charge in [-0.05, 0) is 43.5 Å². The minimum absolute atomic E-state index is 0.0488. The first kappa shape index (κ1) is 12.6. The zero-order chi connectivity index (χ0) is 13.4. The van der Waals surface area contributed by atoms with Gasteiger partial charge in [0, 0.05) is 5.69 Å². The Bertz CT molecular complexity index is 476. The molecule has 19 heavy (non-hydrogen) atoms. The molecule has 1 saturated carbocycles. The minimum Gasteiger partial charge on any atom is -0.497 e. The Balaban J connectivity index is 1.90. The fourth-order valence-electron chi connectivity index (χ4n) is 2.87. The molecule has 0 radical (unpaired) electrons. The van der Waals surface area contributed by atoms with Crippen LogP contribution in [0.2, 0.25) is 0 Å². The summed E-state index contributed by atoms with van der Waals surface area (Å²) in [6.07, 6.45) is 2.45. The highest BCUT2D eigenvalue weighted by atomic mass is 35.5. The van der Waals surface area contributed by atoms with Crippen LogP contribution in [-0.2, 0) is 4.74 Å². The van der Waals surface area contributed by atoms with Gasteiger partial charge in [-0.25, -0.2) is 4.79 Å². The van der Waals surface area contributed by atoms with Crippen LogP contribution in [0.25, 0.3) is 0 Å². The first-order valence-electron chi connectivity index (χ1n) is 6.48. The van der Waals surface area contributed by atoms with Crippen molar-refractivity contribution in [2.75, 3.05) is 12.0 Å². The number of anilines is 1. The van der Waals surface area contributed by atoms with Crippen molar-refractivity contribution in [1.29, 1.82) is 0 Å². The van der Waals surface area contributed by atoms with E-state index in [-0.39, 0.29) is 23.6 Å². The summed E-state index contributed by atoms with van der Waals surface area (Å²) >= 11 is 6.39. The first-order valence-corrected chi connectivity index (χ1v) is 6.92. The summed E-state index contributed by atoms with van der Waals surface area (Å²) in [6.45, 7) is 0. The molecule has 0 N–H and O–H groups in total. The third-order valence-corrected chi connectivity index (χ3v) is 4.29. The number of carbonyl (C=O) groups is 1. The molecule has 1 aromatic rings. The van der Waals surface area contributed by atoms with Gasteiger partial charge in [0.1, 0.15) is 11.9 Å². The molecule has 5 heteroatoms. The maximum Gasteiger partial charge on any atom is 0.415 e. The summed E-state index contributed by atoms with van der Waals surface area (Å²) in [5.41, 5.74) is 0.811. The van der Waals surface area contributed by atoms with Gasteiger partial charge in [0.25, 0.3) is 0 Å². The molecule has 1 saturated heterocycles. The second-order valence-electron chi connectivity index (χ2n) is 4.93. The highest BCUT2D eigenvalue weighted by molar-refractivity contribution is 6.22. The second kappa shape index (κ2) is 4.93. The van der Waals surface area contributed by atoms with E-state index >= 15 is 0 Å². The van der Waals surface area contributed by atoms with Crippen LogP contribution in [-0.4, -0.2) is 30.7 Å². The number of benzene rings is 1. The van der Waals surface area contributed by atoms with E-state index in [2.05, 4.69) is 0 Å². The number of hydrogen-bond donors (Lipinski definition) is 0. The molecule has 3 rings (SSSR count). The van der Waals surface area contributed by atoms with Crippen molar-refractivity contribution in [2.45, 2.75) is 36.8 Å². The first-order chi connectivity index (χ1) is 9.20. The lowest BCUT2D eigenvalue weighted by Crippen LogP contribution is -2.45. The molecule has 0 unspecified atom stereocenters. The number of ether oxygens (including phenoxy) is 2. The summed E-state index contributed by atoms with van der Waals surface area (Å²) in [5.74, 6) is 0.763. The van der Waals surface area contributed by atoms with Crippen LogP contribution < -0.4 is 9.64 Å². The molecular formula is C14H16ClNO3. The second-order valence-corrected chi connectivity index (χ2v) is 5.49. The summed E-state index contributed by atoms with van der Waals surface area (Å²) in [6, 6.07) is 7.34. The van der Waals surface area contributed by atoms with Crippen LogP contribution in [0.5, 0.6) is 5.75 Å². The predicted octanol–water partition coefficient (Wildman–Crippen LogP) is 3.18. The van der Waals surface area contributed by atoms with Gasteiger partial charge in [0.15, 0.2) is 0 Å². The number of amides is 1. The van der Waals surface area contributed by atoms with Gasteiger partial charge >= 0.3 is 6.09 Å². The van der Waals surface area contributed by atoms with E-state index in [0.717, 1.165) is 30.7 Å². The van der Waals surface area contributed by atoms with E-state index in [1.165, 1.54) is 0 Å². The van der Waals surface area contributed by atoms with Crippen molar-refractivity contribution in [3.8, 4) is 5.75 Å². The van der Waals surface area contributed by atoms with E-state index in [9.17, 15) is 4.79 Å². The monoisotopic (exact) mass is 281 g/mol. The predicted molar refractivity (Wildman–Crippen MR) is 73.0 cm³/mol. The van der Waals surface area contributed by atoms with Crippen molar-refractivity contribution < 1.29 is 14.3 Å². The third kappa shape index (κ3) is 2.14. The molecule has 2 aliphatic rings. The smallest absolute Gasteiger partial charge is 0.415 e. The molecule has 1 aromatic carbocycles. The van der Waals surface area contributed by atoms with Crippen LogP contribution in [0, 0.1) is 0 Å². The number of hydrogen-bond acceptors (Lipinski definition) is 3. The number of carbonyl (C=O) groups excluding carboxylic acids is 1. The Kier molecular flexibility index (Phi) is 3.27. The summed E-state index contributed by atoms with van der Waals surface area (Å²) in [7, 11) is 1.62. The number of rotatable bonds is 2. The molecule has 2 fully saturated rings. The van der Waals surface area contributed by atoms with Crippen LogP contribution in [0.15, 0.2) is 24.3 Å². The van der Waals surface area contributed by atoms with E-state index in [1.54, 1.807) is 12.0 Å². The molecule has 1 amide bonds. The lowest BCUT2D eigenvalue weighted by Gasteiger charge is -2.32. The van der Waals surface area contributed by atoms with Gasteiger partial charge in [-0.3, -0.25) is 4.90 Å². The average molecular weight is 282 g/mol. The van der Waals surface area contributed by atoms with Gasteiger partial charge in [-0.15, -0.1) is 11.6 Å². The Morgan fingerprint density at radius 3 is 2.74 bits per heavy atom. The molecular weight excluding hydrogens is 266 g/mol. The third-order valence-electron chi connectivity index (χ3n) is 3.82. The number of nitrogens with zero attached hydrogens (tertiary/aromatic N) is 1. The number of methoxy groups -OCH3 is 1. The Morgan fingerprint density at radius 2 is 2.05 bits per heavy atom. The fourth-order valence-corrected chi connectivity index (χ4v) is 3.30. The van der Waals surface area contributed by atoms with Gasteiger partial charge in [0.2, 0.25) is 0 Å². The topological polar surface area (TPSA) is 38.8 Å². The lowest BCUT2D eigenvalue weighted by molar-refractivity contribution is 0.114. The van der Waals surface area contributed by atoms with Crippen LogP contribution in [0.3, 0.4) is 0 Å². The van der Waals surface area contributed by atoms with Crippen LogP contribution in [0.1, 0.15) is 19.3 Å². The molecule has 0 bridgehead atoms. The average Bonchev–Trinajstić information content (AvgIpc) is 2.76. The standard InChI is InChI=1S/C14H16ClNO3/c1-18-10-7-5-9(6-8-10)16-13-11(15)3-2-4-12(13)19-14(16)17/h5-8,11-13H,2-4H2,1H3/t11-,12-,13+/m1/s1. The maximum absolute atomic E-state index is 12.1. The maximum atomic E-state index is 12.1. The highest BCUT2D eigenvalue weighted by Crippen LogP contribution is 2.38.